The molecule has 0 aromatic heterocycles. The van der Waals surface area contributed by atoms with Crippen LogP contribution in [0.3, 0.4) is 0 Å². The van der Waals surface area contributed by atoms with E-state index in [1.54, 1.807) is 0 Å². The van der Waals surface area contributed by atoms with E-state index in [0.717, 1.165) is 34.6 Å². The van der Waals surface area contributed by atoms with Crippen LogP contribution in [-0.2, 0) is 47.6 Å². The van der Waals surface area contributed by atoms with Crippen LogP contribution in [0.1, 0.15) is 84.6 Å². The van der Waals surface area contributed by atoms with Crippen molar-refractivity contribution in [3.05, 3.63) is 149 Å². The first-order valence-corrected chi connectivity index (χ1v) is 27.0. The average Bonchev–Trinajstić information content (AvgIpc) is 3.19. The Bertz CT molecular complexity index is 1720. The highest BCUT2D eigenvalue weighted by Gasteiger charge is 2.50. The van der Waals surface area contributed by atoms with Crippen LogP contribution in [0.4, 0.5) is 0 Å². The van der Waals surface area contributed by atoms with Crippen molar-refractivity contribution in [2.45, 2.75) is 143 Å². The summed E-state index contributed by atoms with van der Waals surface area (Å²) in [5.74, 6) is 0.738. The van der Waals surface area contributed by atoms with Gasteiger partial charge < -0.3 is 27.8 Å². The standard InChI is InChI=1S/C40H48O5Si.C8H20OSi.C2H6/c1-40(2,3)46(4,5)45-38-35(26-31-18-10-6-11-19-31)44-36(30-41-27-32-20-12-7-13-21-32)37(42-28-33-22-14-8-15-23-33)39(38)43-29-34-24-16-9-17-25-34;1-7-9-10(5,6)8(2,3)4;1-2/h6-26,36-39H,27-30H2,1-5H3;7H2,1-6H3;1-2H3/t36-,37-,38+,39+;;/m1../s1. The Balaban J connectivity index is 0.000000656. The summed E-state index contributed by atoms with van der Waals surface area (Å²) in [4.78, 5) is 0. The molecule has 8 heteroatoms. The zero-order chi connectivity index (χ0) is 42.8. The van der Waals surface area contributed by atoms with E-state index in [4.69, 9.17) is 27.8 Å². The first kappa shape index (κ1) is 49.0. The van der Waals surface area contributed by atoms with Crippen molar-refractivity contribution in [3.63, 3.8) is 0 Å². The molecule has 318 valence electrons. The van der Waals surface area contributed by atoms with Crippen LogP contribution in [0.2, 0.25) is 36.3 Å². The van der Waals surface area contributed by atoms with E-state index in [2.05, 4.69) is 129 Å². The number of hydrogen-bond donors (Lipinski definition) is 0. The van der Waals surface area contributed by atoms with Crippen molar-refractivity contribution in [2.24, 2.45) is 0 Å². The highest BCUT2D eigenvalue weighted by atomic mass is 28.4. The monoisotopic (exact) mass is 827 g/mol. The molecule has 58 heavy (non-hydrogen) atoms. The lowest BCUT2D eigenvalue weighted by Crippen LogP contribution is -2.59. The molecule has 0 N–H and O–H groups in total. The molecule has 0 aliphatic carbocycles. The van der Waals surface area contributed by atoms with Crippen molar-refractivity contribution >= 4 is 22.7 Å². The minimum absolute atomic E-state index is 0.0229. The lowest BCUT2D eigenvalue weighted by atomic mass is 9.96. The molecule has 0 saturated carbocycles. The van der Waals surface area contributed by atoms with E-state index >= 15 is 0 Å². The molecule has 1 aliphatic rings. The van der Waals surface area contributed by atoms with E-state index in [-0.39, 0.29) is 5.04 Å². The van der Waals surface area contributed by atoms with Crippen molar-refractivity contribution in [3.8, 4) is 0 Å². The molecule has 6 nitrogen and oxygen atoms in total. The molecule has 4 aromatic carbocycles. The average molecular weight is 827 g/mol. The second-order valence-corrected chi connectivity index (χ2v) is 27.2. The Morgan fingerprint density at radius 3 is 1.40 bits per heavy atom. The van der Waals surface area contributed by atoms with Crippen LogP contribution in [0.25, 0.3) is 6.08 Å². The summed E-state index contributed by atoms with van der Waals surface area (Å²) in [7, 11) is -3.70. The van der Waals surface area contributed by atoms with Crippen molar-refractivity contribution in [1.82, 2.24) is 0 Å². The number of benzene rings is 4. The predicted molar refractivity (Wildman–Crippen MR) is 248 cm³/mol. The minimum Gasteiger partial charge on any atom is -0.487 e. The largest absolute Gasteiger partial charge is 0.487 e. The van der Waals surface area contributed by atoms with E-state index in [1.807, 2.05) is 86.6 Å². The minimum atomic E-state index is -2.30. The zero-order valence-corrected chi connectivity index (χ0v) is 39.9. The van der Waals surface area contributed by atoms with Gasteiger partial charge in [0.25, 0.3) is 0 Å². The molecule has 4 atom stereocenters. The maximum atomic E-state index is 7.23. The second-order valence-electron chi connectivity index (χ2n) is 17.6. The first-order chi connectivity index (χ1) is 27.5. The molecule has 1 fully saturated rings. The van der Waals surface area contributed by atoms with Crippen LogP contribution in [0.15, 0.2) is 127 Å². The number of rotatable bonds is 15. The Morgan fingerprint density at radius 1 is 0.569 bits per heavy atom. The molecule has 0 amide bonds. The molecule has 0 radical (unpaired) electrons. The third-order valence-corrected chi connectivity index (χ3v) is 20.2. The fraction of sp³-hybridized carbons (Fsp3) is 0.480. The molecular formula is C50H74O6Si2. The predicted octanol–water partition coefficient (Wildman–Crippen LogP) is 13.3. The van der Waals surface area contributed by atoms with Gasteiger partial charge in [-0.1, -0.05) is 177 Å². The Hall–Kier alpha value is -3.35. The normalized spacial score (nSPS) is 19.3. The summed E-state index contributed by atoms with van der Waals surface area (Å²) in [6.07, 6.45) is 0.279. The molecule has 5 rings (SSSR count). The Kier molecular flexibility index (Phi) is 19.8. The van der Waals surface area contributed by atoms with Gasteiger partial charge in [-0.25, -0.2) is 0 Å². The van der Waals surface area contributed by atoms with Gasteiger partial charge in [-0.05, 0) is 71.5 Å². The van der Waals surface area contributed by atoms with Crippen LogP contribution in [0.5, 0.6) is 0 Å². The number of hydrogen-bond acceptors (Lipinski definition) is 6. The van der Waals surface area contributed by atoms with Gasteiger partial charge in [0.2, 0.25) is 0 Å². The van der Waals surface area contributed by atoms with Gasteiger partial charge in [0.15, 0.2) is 22.7 Å². The highest BCUT2D eigenvalue weighted by Crippen LogP contribution is 2.42. The van der Waals surface area contributed by atoms with Crippen LogP contribution in [-0.4, -0.2) is 54.3 Å². The number of ether oxygens (including phenoxy) is 4. The first-order valence-electron chi connectivity index (χ1n) is 21.2. The maximum absolute atomic E-state index is 7.23. The van der Waals surface area contributed by atoms with Gasteiger partial charge in [0.1, 0.15) is 24.1 Å². The summed E-state index contributed by atoms with van der Waals surface area (Å²) in [6.45, 7) is 31.2. The highest BCUT2D eigenvalue weighted by molar-refractivity contribution is 6.74. The lowest BCUT2D eigenvalue weighted by molar-refractivity contribution is -0.208. The fourth-order valence-electron chi connectivity index (χ4n) is 5.79. The van der Waals surface area contributed by atoms with E-state index in [1.165, 1.54) is 0 Å². The van der Waals surface area contributed by atoms with Gasteiger partial charge in [0.05, 0.1) is 26.4 Å². The van der Waals surface area contributed by atoms with Crippen molar-refractivity contribution in [2.75, 3.05) is 13.2 Å². The van der Waals surface area contributed by atoms with Crippen LogP contribution < -0.4 is 0 Å². The topological polar surface area (TPSA) is 55.4 Å². The summed E-state index contributed by atoms with van der Waals surface area (Å²) in [5, 5.41) is 0.341. The maximum Gasteiger partial charge on any atom is 0.193 e. The smallest absolute Gasteiger partial charge is 0.193 e. The summed E-state index contributed by atoms with van der Waals surface area (Å²) < 4.78 is 39.9. The third-order valence-electron chi connectivity index (χ3n) is 11.2. The summed E-state index contributed by atoms with van der Waals surface area (Å²) >= 11 is 0. The van der Waals surface area contributed by atoms with Gasteiger partial charge in [-0.15, -0.1) is 0 Å². The van der Waals surface area contributed by atoms with Gasteiger partial charge >= 0.3 is 0 Å². The zero-order valence-electron chi connectivity index (χ0n) is 37.9. The molecule has 0 bridgehead atoms. The van der Waals surface area contributed by atoms with Gasteiger partial charge in [-0.3, -0.25) is 0 Å². The van der Waals surface area contributed by atoms with Crippen LogP contribution >= 0.6 is 0 Å². The SMILES string of the molecule is CC.CC(C)(C)[Si](C)(C)O[C@H]1C(=Cc2ccccc2)O[C@H](COCc2ccccc2)[C@@H](OCc2ccccc2)[C@@H]1OCc1ccccc1.CCO[Si](C)(C)C(C)(C)C. The summed E-state index contributed by atoms with van der Waals surface area (Å²) in [6, 6.07) is 41.0. The molecule has 0 spiro atoms. The molecular weight excluding hydrogens is 753 g/mol. The van der Waals surface area contributed by atoms with Crippen LogP contribution in [0, 0.1) is 0 Å². The second kappa shape index (κ2) is 23.4. The van der Waals surface area contributed by atoms with Crippen molar-refractivity contribution < 1.29 is 27.8 Å². The molecule has 1 heterocycles. The van der Waals surface area contributed by atoms with E-state index < -0.39 is 41.1 Å². The Labute approximate surface area is 354 Å². The lowest BCUT2D eigenvalue weighted by Gasteiger charge is -2.48. The molecule has 1 saturated heterocycles. The summed E-state index contributed by atoms with van der Waals surface area (Å²) in [5.41, 5.74) is 4.32. The Morgan fingerprint density at radius 2 is 0.983 bits per heavy atom. The molecule has 0 unspecified atom stereocenters. The van der Waals surface area contributed by atoms with Gasteiger partial charge in [0, 0.05) is 6.61 Å². The van der Waals surface area contributed by atoms with E-state index in [0.29, 0.717) is 31.5 Å². The quantitative estimate of drug-likeness (QED) is 0.111. The van der Waals surface area contributed by atoms with E-state index in [9.17, 15) is 0 Å². The fourth-order valence-corrected chi connectivity index (χ4v) is 8.19. The van der Waals surface area contributed by atoms with Gasteiger partial charge in [-0.2, -0.15) is 0 Å². The molecule has 4 aromatic rings. The van der Waals surface area contributed by atoms with Crippen molar-refractivity contribution in [1.29, 1.82) is 0 Å². The molecule has 1 aliphatic heterocycles. The third kappa shape index (κ3) is 15.4.